The van der Waals surface area contributed by atoms with Crippen molar-refractivity contribution in [2.75, 3.05) is 13.2 Å². The average Bonchev–Trinajstić information content (AvgIpc) is 2.04. The van der Waals surface area contributed by atoms with Crippen molar-refractivity contribution in [1.82, 2.24) is 0 Å². The molecule has 0 aliphatic carbocycles. The van der Waals surface area contributed by atoms with Crippen molar-refractivity contribution in [3.63, 3.8) is 0 Å². The van der Waals surface area contributed by atoms with E-state index in [9.17, 15) is 0 Å². The molecule has 11 heavy (non-hydrogen) atoms. The third-order valence-electron chi connectivity index (χ3n) is 1.84. The van der Waals surface area contributed by atoms with Crippen LogP contribution in [-0.4, -0.2) is 19.3 Å². The van der Waals surface area contributed by atoms with Crippen molar-refractivity contribution in [1.29, 1.82) is 0 Å². The zero-order valence-corrected chi connectivity index (χ0v) is 7.81. The van der Waals surface area contributed by atoms with Gasteiger partial charge in [-0.1, -0.05) is 6.92 Å². The maximum absolute atomic E-state index is 5.75. The Labute approximate surface area is 70.1 Å². The van der Waals surface area contributed by atoms with Crippen LogP contribution in [-0.2, 0) is 4.74 Å². The number of hydrogen-bond donors (Lipinski definition) is 1. The molecule has 0 aromatic rings. The molecule has 0 rings (SSSR count). The highest BCUT2D eigenvalue weighted by molar-refractivity contribution is 4.57. The molecule has 1 atom stereocenters. The van der Waals surface area contributed by atoms with Crippen LogP contribution in [0.4, 0.5) is 0 Å². The maximum atomic E-state index is 5.75. The first kappa shape index (κ1) is 10.9. The van der Waals surface area contributed by atoms with Crippen LogP contribution < -0.4 is 5.73 Å². The minimum absolute atomic E-state index is 0.400. The van der Waals surface area contributed by atoms with E-state index in [-0.39, 0.29) is 0 Å². The van der Waals surface area contributed by atoms with Crippen LogP contribution in [0.3, 0.4) is 0 Å². The number of rotatable bonds is 7. The fourth-order valence-corrected chi connectivity index (χ4v) is 0.959. The molecule has 0 aliphatic heterocycles. The second-order valence-corrected chi connectivity index (χ2v) is 2.86. The van der Waals surface area contributed by atoms with Gasteiger partial charge in [0.2, 0.25) is 0 Å². The summed E-state index contributed by atoms with van der Waals surface area (Å²) in [5.41, 5.74) is 5.75. The van der Waals surface area contributed by atoms with Gasteiger partial charge in [-0.2, -0.15) is 0 Å². The first-order valence-electron chi connectivity index (χ1n) is 4.64. The second-order valence-electron chi connectivity index (χ2n) is 2.86. The lowest BCUT2D eigenvalue weighted by Gasteiger charge is -2.07. The van der Waals surface area contributed by atoms with Crippen LogP contribution >= 0.6 is 0 Å². The molecule has 68 valence electrons. The van der Waals surface area contributed by atoms with Gasteiger partial charge in [-0.05, 0) is 32.6 Å². The first-order valence-corrected chi connectivity index (χ1v) is 4.64. The molecule has 2 heteroatoms. The standard InChI is InChI=1S/C9H21NO/c1-3-9(10)7-5-6-8-11-4-2/h9H,3-8,10H2,1-2H3. The van der Waals surface area contributed by atoms with Gasteiger partial charge in [-0.3, -0.25) is 0 Å². The third-order valence-corrected chi connectivity index (χ3v) is 1.84. The molecule has 0 saturated carbocycles. The SMILES string of the molecule is CCOCCCCC(N)CC. The molecule has 0 aromatic heterocycles. The molecule has 0 saturated heterocycles. The van der Waals surface area contributed by atoms with Gasteiger partial charge >= 0.3 is 0 Å². The summed E-state index contributed by atoms with van der Waals surface area (Å²) in [7, 11) is 0. The molecule has 0 radical (unpaired) electrons. The largest absolute Gasteiger partial charge is 0.382 e. The number of hydrogen-bond acceptors (Lipinski definition) is 2. The molecule has 0 aliphatic rings. The van der Waals surface area contributed by atoms with Gasteiger partial charge in [0.1, 0.15) is 0 Å². The smallest absolute Gasteiger partial charge is 0.0465 e. The van der Waals surface area contributed by atoms with Gasteiger partial charge < -0.3 is 10.5 Å². The lowest BCUT2D eigenvalue weighted by atomic mass is 10.1. The highest BCUT2D eigenvalue weighted by Gasteiger charge is 1.97. The van der Waals surface area contributed by atoms with E-state index in [0.717, 1.165) is 32.5 Å². The van der Waals surface area contributed by atoms with Crippen LogP contribution in [0, 0.1) is 0 Å². The van der Waals surface area contributed by atoms with Crippen molar-refractivity contribution in [2.24, 2.45) is 5.73 Å². The molecule has 1 unspecified atom stereocenters. The molecule has 2 nitrogen and oxygen atoms in total. The second kappa shape index (κ2) is 8.02. The van der Waals surface area contributed by atoms with Crippen molar-refractivity contribution in [2.45, 2.75) is 45.6 Å². The summed E-state index contributed by atoms with van der Waals surface area (Å²) in [6.45, 7) is 5.89. The van der Waals surface area contributed by atoms with Crippen molar-refractivity contribution in [3.05, 3.63) is 0 Å². The van der Waals surface area contributed by atoms with Crippen LogP contribution in [0.25, 0.3) is 0 Å². The normalized spacial score (nSPS) is 13.4. The van der Waals surface area contributed by atoms with E-state index in [1.807, 2.05) is 6.92 Å². The summed E-state index contributed by atoms with van der Waals surface area (Å²) >= 11 is 0. The Bertz CT molecular complexity index is 76.0. The first-order chi connectivity index (χ1) is 5.31. The van der Waals surface area contributed by atoms with E-state index < -0.39 is 0 Å². The summed E-state index contributed by atoms with van der Waals surface area (Å²) in [5, 5.41) is 0. The Hall–Kier alpha value is -0.0800. The van der Waals surface area contributed by atoms with Crippen LogP contribution in [0.2, 0.25) is 0 Å². The van der Waals surface area contributed by atoms with Gasteiger partial charge in [0.25, 0.3) is 0 Å². The molecule has 0 aromatic carbocycles. The molecule has 2 N–H and O–H groups in total. The summed E-state index contributed by atoms with van der Waals surface area (Å²) in [4.78, 5) is 0. The van der Waals surface area contributed by atoms with Crippen LogP contribution in [0.5, 0.6) is 0 Å². The van der Waals surface area contributed by atoms with Crippen LogP contribution in [0.15, 0.2) is 0 Å². The zero-order chi connectivity index (χ0) is 8.53. The van der Waals surface area contributed by atoms with E-state index in [2.05, 4.69) is 6.92 Å². The van der Waals surface area contributed by atoms with Gasteiger partial charge in [-0.25, -0.2) is 0 Å². The average molecular weight is 159 g/mol. The molecule has 0 fully saturated rings. The van der Waals surface area contributed by atoms with E-state index in [4.69, 9.17) is 10.5 Å². The fraction of sp³-hybridized carbons (Fsp3) is 1.00. The van der Waals surface area contributed by atoms with Gasteiger partial charge in [-0.15, -0.1) is 0 Å². The Morgan fingerprint density at radius 1 is 1.27 bits per heavy atom. The van der Waals surface area contributed by atoms with Crippen molar-refractivity contribution in [3.8, 4) is 0 Å². The monoisotopic (exact) mass is 159 g/mol. The summed E-state index contributed by atoms with van der Waals surface area (Å²) in [6, 6.07) is 0.400. The molecule has 0 spiro atoms. The Morgan fingerprint density at radius 2 is 2.00 bits per heavy atom. The van der Waals surface area contributed by atoms with E-state index >= 15 is 0 Å². The van der Waals surface area contributed by atoms with Crippen molar-refractivity contribution >= 4 is 0 Å². The highest BCUT2D eigenvalue weighted by Crippen LogP contribution is 2.01. The molecule has 0 bridgehead atoms. The van der Waals surface area contributed by atoms with Crippen LogP contribution in [0.1, 0.15) is 39.5 Å². The Morgan fingerprint density at radius 3 is 2.55 bits per heavy atom. The third kappa shape index (κ3) is 7.82. The predicted octanol–water partition coefficient (Wildman–Crippen LogP) is 1.93. The Balaban J connectivity index is 2.89. The van der Waals surface area contributed by atoms with Gasteiger partial charge in [0.05, 0.1) is 0 Å². The molecule has 0 amide bonds. The highest BCUT2D eigenvalue weighted by atomic mass is 16.5. The molecular formula is C9H21NO. The number of nitrogens with two attached hydrogens (primary N) is 1. The lowest BCUT2D eigenvalue weighted by molar-refractivity contribution is 0.142. The quantitative estimate of drug-likeness (QED) is 0.576. The minimum Gasteiger partial charge on any atom is -0.382 e. The van der Waals surface area contributed by atoms with E-state index in [1.165, 1.54) is 6.42 Å². The number of unbranched alkanes of at least 4 members (excludes halogenated alkanes) is 1. The summed E-state index contributed by atoms with van der Waals surface area (Å²) < 4.78 is 5.21. The minimum atomic E-state index is 0.400. The predicted molar refractivity (Wildman–Crippen MR) is 48.6 cm³/mol. The molecule has 0 heterocycles. The Kier molecular flexibility index (Phi) is 7.96. The van der Waals surface area contributed by atoms with Gasteiger partial charge in [0.15, 0.2) is 0 Å². The topological polar surface area (TPSA) is 35.2 Å². The summed E-state index contributed by atoms with van der Waals surface area (Å²) in [5.74, 6) is 0. The van der Waals surface area contributed by atoms with Crippen molar-refractivity contribution < 1.29 is 4.74 Å². The number of ether oxygens (including phenoxy) is 1. The van der Waals surface area contributed by atoms with E-state index in [0.29, 0.717) is 6.04 Å². The zero-order valence-electron chi connectivity index (χ0n) is 7.81. The lowest BCUT2D eigenvalue weighted by Crippen LogP contribution is -2.18. The van der Waals surface area contributed by atoms with E-state index in [1.54, 1.807) is 0 Å². The molecular weight excluding hydrogens is 138 g/mol. The summed E-state index contributed by atoms with van der Waals surface area (Å²) in [6.07, 6.45) is 4.59. The van der Waals surface area contributed by atoms with Gasteiger partial charge in [0, 0.05) is 19.3 Å². The fourth-order valence-electron chi connectivity index (χ4n) is 0.959. The maximum Gasteiger partial charge on any atom is 0.0465 e.